The molecule has 0 saturated heterocycles. The SMILES string of the molecule is O=C(O)c1cccn2cc(CS)nc12. The van der Waals surface area contributed by atoms with Crippen molar-refractivity contribution in [3.05, 3.63) is 35.8 Å². The van der Waals surface area contributed by atoms with E-state index >= 15 is 0 Å². The van der Waals surface area contributed by atoms with Crippen LogP contribution in [0.15, 0.2) is 24.5 Å². The van der Waals surface area contributed by atoms with Gasteiger partial charge in [-0.15, -0.1) is 0 Å². The van der Waals surface area contributed by atoms with E-state index in [0.717, 1.165) is 5.69 Å². The Kier molecular flexibility index (Phi) is 2.17. The van der Waals surface area contributed by atoms with Gasteiger partial charge >= 0.3 is 5.97 Å². The van der Waals surface area contributed by atoms with Crippen molar-refractivity contribution in [3.63, 3.8) is 0 Å². The van der Waals surface area contributed by atoms with E-state index in [4.69, 9.17) is 5.11 Å². The Bertz CT molecular complexity index is 493. The summed E-state index contributed by atoms with van der Waals surface area (Å²) >= 11 is 4.08. The molecule has 0 aliphatic rings. The van der Waals surface area contributed by atoms with Crippen molar-refractivity contribution < 1.29 is 9.90 Å². The highest BCUT2D eigenvalue weighted by Gasteiger charge is 2.10. The summed E-state index contributed by atoms with van der Waals surface area (Å²) in [7, 11) is 0. The van der Waals surface area contributed by atoms with Crippen molar-refractivity contribution in [1.82, 2.24) is 9.38 Å². The molecule has 2 rings (SSSR count). The minimum absolute atomic E-state index is 0.209. The van der Waals surface area contributed by atoms with Gasteiger partial charge in [-0.25, -0.2) is 9.78 Å². The average Bonchev–Trinajstić information content (AvgIpc) is 2.59. The molecular weight excluding hydrogens is 200 g/mol. The van der Waals surface area contributed by atoms with Gasteiger partial charge in [0.05, 0.1) is 5.69 Å². The summed E-state index contributed by atoms with van der Waals surface area (Å²) < 4.78 is 1.69. The van der Waals surface area contributed by atoms with Crippen LogP contribution < -0.4 is 0 Å². The fourth-order valence-corrected chi connectivity index (χ4v) is 1.46. The lowest BCUT2D eigenvalue weighted by Crippen LogP contribution is -1.99. The van der Waals surface area contributed by atoms with Crippen LogP contribution in [0.25, 0.3) is 5.65 Å². The minimum atomic E-state index is -0.966. The van der Waals surface area contributed by atoms with Crippen molar-refractivity contribution in [2.75, 3.05) is 0 Å². The quantitative estimate of drug-likeness (QED) is 0.735. The van der Waals surface area contributed by atoms with E-state index in [-0.39, 0.29) is 5.56 Å². The smallest absolute Gasteiger partial charge is 0.339 e. The standard InChI is InChI=1S/C9H8N2O2S/c12-9(13)7-2-1-3-11-4-6(5-14)10-8(7)11/h1-4,14H,5H2,(H,12,13). The third kappa shape index (κ3) is 1.35. The van der Waals surface area contributed by atoms with E-state index in [0.29, 0.717) is 11.4 Å². The molecule has 1 N–H and O–H groups in total. The fraction of sp³-hybridized carbons (Fsp3) is 0.111. The van der Waals surface area contributed by atoms with Crippen LogP contribution in [-0.4, -0.2) is 20.5 Å². The summed E-state index contributed by atoms with van der Waals surface area (Å²) in [6.07, 6.45) is 3.54. The monoisotopic (exact) mass is 208 g/mol. The van der Waals surface area contributed by atoms with Crippen molar-refractivity contribution in [2.45, 2.75) is 5.75 Å². The number of hydrogen-bond acceptors (Lipinski definition) is 3. The molecule has 0 aliphatic carbocycles. The maximum atomic E-state index is 10.8. The molecule has 0 atom stereocenters. The molecule has 2 heterocycles. The van der Waals surface area contributed by atoms with Gasteiger partial charge in [0.25, 0.3) is 0 Å². The lowest BCUT2D eigenvalue weighted by atomic mass is 10.3. The summed E-state index contributed by atoms with van der Waals surface area (Å²) in [4.78, 5) is 15.0. The van der Waals surface area contributed by atoms with Crippen molar-refractivity contribution in [2.24, 2.45) is 0 Å². The summed E-state index contributed by atoms with van der Waals surface area (Å²) in [5, 5.41) is 8.89. The molecule has 2 aromatic rings. The number of imidazole rings is 1. The van der Waals surface area contributed by atoms with E-state index in [1.54, 1.807) is 22.9 Å². The van der Waals surface area contributed by atoms with Gasteiger partial charge in [-0.3, -0.25) is 0 Å². The van der Waals surface area contributed by atoms with Crippen LogP contribution in [0.5, 0.6) is 0 Å². The molecule has 0 spiro atoms. The van der Waals surface area contributed by atoms with Crippen molar-refractivity contribution >= 4 is 24.2 Å². The van der Waals surface area contributed by atoms with Crippen LogP contribution in [-0.2, 0) is 5.75 Å². The highest BCUT2D eigenvalue weighted by Crippen LogP contribution is 2.12. The molecule has 0 saturated carbocycles. The number of aromatic nitrogens is 2. The molecule has 5 heteroatoms. The number of carboxylic acids is 1. The normalized spacial score (nSPS) is 10.6. The van der Waals surface area contributed by atoms with Crippen LogP contribution in [0.2, 0.25) is 0 Å². The molecule has 0 aliphatic heterocycles. The average molecular weight is 208 g/mol. The molecule has 4 nitrogen and oxygen atoms in total. The Morgan fingerprint density at radius 2 is 2.43 bits per heavy atom. The van der Waals surface area contributed by atoms with Gasteiger partial charge in [0.15, 0.2) is 5.65 Å². The Hall–Kier alpha value is -1.49. The van der Waals surface area contributed by atoms with Crippen LogP contribution in [0.1, 0.15) is 16.1 Å². The minimum Gasteiger partial charge on any atom is -0.478 e. The summed E-state index contributed by atoms with van der Waals surface area (Å²) in [5.74, 6) is -0.465. The van der Waals surface area contributed by atoms with Gasteiger partial charge < -0.3 is 9.51 Å². The van der Waals surface area contributed by atoms with Gasteiger partial charge in [-0.2, -0.15) is 12.6 Å². The van der Waals surface area contributed by atoms with Crippen molar-refractivity contribution in [3.8, 4) is 0 Å². The third-order valence-corrected chi connectivity index (χ3v) is 2.25. The number of aromatic carboxylic acids is 1. The number of nitrogens with zero attached hydrogens (tertiary/aromatic N) is 2. The number of carboxylic acid groups (broad SMARTS) is 1. The molecule has 14 heavy (non-hydrogen) atoms. The van der Waals surface area contributed by atoms with Crippen LogP contribution in [0, 0.1) is 0 Å². The summed E-state index contributed by atoms with van der Waals surface area (Å²) in [5.41, 5.74) is 1.44. The molecule has 2 aromatic heterocycles. The first-order chi connectivity index (χ1) is 6.72. The fourth-order valence-electron chi connectivity index (χ4n) is 1.31. The first kappa shape index (κ1) is 9.08. The molecule has 0 unspecified atom stereocenters. The number of carbonyl (C=O) groups is 1. The largest absolute Gasteiger partial charge is 0.478 e. The maximum Gasteiger partial charge on any atom is 0.339 e. The third-order valence-electron chi connectivity index (χ3n) is 1.93. The first-order valence-corrected chi connectivity index (χ1v) is 4.66. The van der Waals surface area contributed by atoms with Gasteiger partial charge in [0, 0.05) is 18.1 Å². The van der Waals surface area contributed by atoms with Gasteiger partial charge in [-0.1, -0.05) is 0 Å². The van der Waals surface area contributed by atoms with E-state index in [2.05, 4.69) is 17.6 Å². The van der Waals surface area contributed by atoms with E-state index < -0.39 is 5.97 Å². The number of thiol groups is 1. The Balaban J connectivity index is 2.73. The molecule has 72 valence electrons. The molecule has 0 amide bonds. The van der Waals surface area contributed by atoms with Crippen molar-refractivity contribution in [1.29, 1.82) is 0 Å². The second-order valence-corrected chi connectivity index (χ2v) is 3.16. The Morgan fingerprint density at radius 3 is 3.07 bits per heavy atom. The zero-order valence-electron chi connectivity index (χ0n) is 7.21. The number of hydrogen-bond donors (Lipinski definition) is 2. The number of fused-ring (bicyclic) bond motifs is 1. The second kappa shape index (κ2) is 3.34. The van der Waals surface area contributed by atoms with Gasteiger partial charge in [0.2, 0.25) is 0 Å². The van der Waals surface area contributed by atoms with E-state index in [9.17, 15) is 4.79 Å². The lowest BCUT2D eigenvalue weighted by molar-refractivity contribution is 0.0698. The first-order valence-electron chi connectivity index (χ1n) is 4.03. The number of pyridine rings is 1. The topological polar surface area (TPSA) is 54.6 Å². The Morgan fingerprint density at radius 1 is 1.64 bits per heavy atom. The van der Waals surface area contributed by atoms with E-state index in [1.165, 1.54) is 6.07 Å². The zero-order valence-corrected chi connectivity index (χ0v) is 8.11. The summed E-state index contributed by atoms with van der Waals surface area (Å²) in [6, 6.07) is 3.22. The van der Waals surface area contributed by atoms with E-state index in [1.807, 2.05) is 0 Å². The highest BCUT2D eigenvalue weighted by atomic mass is 32.1. The van der Waals surface area contributed by atoms with Crippen LogP contribution in [0.3, 0.4) is 0 Å². The number of rotatable bonds is 2. The molecular formula is C9H8N2O2S. The maximum absolute atomic E-state index is 10.8. The molecule has 0 radical (unpaired) electrons. The predicted octanol–water partition coefficient (Wildman–Crippen LogP) is 1.46. The van der Waals surface area contributed by atoms with Gasteiger partial charge in [0.1, 0.15) is 5.56 Å². The van der Waals surface area contributed by atoms with Crippen LogP contribution in [0.4, 0.5) is 0 Å². The highest BCUT2D eigenvalue weighted by molar-refractivity contribution is 7.79. The predicted molar refractivity (Wildman–Crippen MR) is 54.8 cm³/mol. The summed E-state index contributed by atoms with van der Waals surface area (Å²) in [6.45, 7) is 0. The van der Waals surface area contributed by atoms with Gasteiger partial charge in [-0.05, 0) is 12.1 Å². The molecule has 0 bridgehead atoms. The second-order valence-electron chi connectivity index (χ2n) is 2.85. The molecule has 0 fully saturated rings. The Labute approximate surface area is 85.6 Å². The molecule has 0 aromatic carbocycles. The zero-order chi connectivity index (χ0) is 10.1. The lowest BCUT2D eigenvalue weighted by Gasteiger charge is -1.96. The van der Waals surface area contributed by atoms with Crippen LogP contribution >= 0.6 is 12.6 Å².